The second kappa shape index (κ2) is 9.77. The predicted molar refractivity (Wildman–Crippen MR) is 137 cm³/mol. The van der Waals surface area contributed by atoms with Crippen LogP contribution in [-0.4, -0.2) is 50.2 Å². The van der Waals surface area contributed by atoms with Gasteiger partial charge in [-0.1, -0.05) is 24.3 Å². The van der Waals surface area contributed by atoms with Gasteiger partial charge >= 0.3 is 0 Å². The van der Waals surface area contributed by atoms with E-state index in [1.54, 1.807) is 52.8 Å². The van der Waals surface area contributed by atoms with Gasteiger partial charge in [-0.3, -0.25) is 15.0 Å². The van der Waals surface area contributed by atoms with Crippen molar-refractivity contribution in [1.82, 2.24) is 15.4 Å². The number of aromatic amines is 1. The second-order valence-corrected chi connectivity index (χ2v) is 8.55. The van der Waals surface area contributed by atoms with Crippen molar-refractivity contribution < 1.29 is 28.5 Å². The van der Waals surface area contributed by atoms with Gasteiger partial charge in [-0.25, -0.2) is 5.01 Å². The summed E-state index contributed by atoms with van der Waals surface area (Å²) in [7, 11) is 6.21. The van der Waals surface area contributed by atoms with Crippen LogP contribution in [0.15, 0.2) is 60.8 Å². The van der Waals surface area contributed by atoms with Gasteiger partial charge in [0.2, 0.25) is 5.91 Å². The molecule has 3 aromatic carbocycles. The van der Waals surface area contributed by atoms with Crippen molar-refractivity contribution in [3.63, 3.8) is 0 Å². The van der Waals surface area contributed by atoms with Crippen LogP contribution in [0.4, 0.5) is 0 Å². The number of fused-ring (bicyclic) bond motifs is 2. The molecule has 1 aliphatic rings. The van der Waals surface area contributed by atoms with Crippen LogP contribution in [0.5, 0.6) is 23.0 Å². The zero-order chi connectivity index (χ0) is 26.1. The SMILES string of the molecule is COc1ccc(C2c3cc(OC)c(OC)cc3CC(=O)N2NC(=O)c2c[nH]c3ccccc23)cc1OC. The van der Waals surface area contributed by atoms with Crippen molar-refractivity contribution in [2.45, 2.75) is 12.5 Å². The standard InChI is InChI=1S/C28H27N3O6/c1-34-22-10-9-16(11-23(22)35-2)27-19-14-25(37-4)24(36-3)12-17(19)13-26(32)31(27)30-28(33)20-15-29-21-8-6-5-7-18(20)21/h5-12,14-15,27,29H,13H2,1-4H3,(H,30,33). The average Bonchev–Trinajstić information content (AvgIpc) is 3.36. The third kappa shape index (κ3) is 4.18. The number of hydrogen-bond donors (Lipinski definition) is 2. The number of nitrogens with one attached hydrogen (secondary N) is 2. The first kappa shape index (κ1) is 24.1. The lowest BCUT2D eigenvalue weighted by Crippen LogP contribution is -2.51. The highest BCUT2D eigenvalue weighted by Crippen LogP contribution is 2.42. The molecule has 9 heteroatoms. The van der Waals surface area contributed by atoms with Crippen molar-refractivity contribution in [2.75, 3.05) is 28.4 Å². The summed E-state index contributed by atoms with van der Waals surface area (Å²) in [6, 6.07) is 15.9. The number of hydrogen-bond acceptors (Lipinski definition) is 6. The highest BCUT2D eigenvalue weighted by atomic mass is 16.5. The molecule has 1 aromatic heterocycles. The Labute approximate surface area is 213 Å². The molecule has 0 spiro atoms. The van der Waals surface area contributed by atoms with E-state index in [0.29, 0.717) is 28.6 Å². The molecule has 1 unspecified atom stereocenters. The van der Waals surface area contributed by atoms with Crippen LogP contribution in [0.1, 0.15) is 33.1 Å². The van der Waals surface area contributed by atoms with Gasteiger partial charge in [-0.05, 0) is 47.0 Å². The van der Waals surface area contributed by atoms with Gasteiger partial charge < -0.3 is 23.9 Å². The molecule has 37 heavy (non-hydrogen) atoms. The van der Waals surface area contributed by atoms with Crippen LogP contribution >= 0.6 is 0 Å². The fourth-order valence-electron chi connectivity index (χ4n) is 4.78. The molecule has 0 saturated heterocycles. The molecule has 4 aromatic rings. The van der Waals surface area contributed by atoms with E-state index < -0.39 is 11.9 Å². The maximum atomic E-state index is 13.5. The molecule has 0 saturated carbocycles. The first-order chi connectivity index (χ1) is 18.0. The number of benzene rings is 3. The van der Waals surface area contributed by atoms with Crippen molar-refractivity contribution in [1.29, 1.82) is 0 Å². The summed E-state index contributed by atoms with van der Waals surface area (Å²) in [5.41, 5.74) is 6.43. The van der Waals surface area contributed by atoms with E-state index in [1.165, 1.54) is 5.01 Å². The second-order valence-electron chi connectivity index (χ2n) is 8.55. The van der Waals surface area contributed by atoms with E-state index in [4.69, 9.17) is 18.9 Å². The average molecular weight is 502 g/mol. The van der Waals surface area contributed by atoms with Crippen LogP contribution in [0.3, 0.4) is 0 Å². The van der Waals surface area contributed by atoms with Gasteiger partial charge in [-0.2, -0.15) is 0 Å². The maximum Gasteiger partial charge on any atom is 0.272 e. The summed E-state index contributed by atoms with van der Waals surface area (Å²) in [4.78, 5) is 30.1. The summed E-state index contributed by atoms with van der Waals surface area (Å²) in [5.74, 6) is 1.42. The number of rotatable bonds is 7. The molecule has 0 bridgehead atoms. The quantitative estimate of drug-likeness (QED) is 0.397. The van der Waals surface area contributed by atoms with E-state index in [-0.39, 0.29) is 12.3 Å². The Bertz CT molecular complexity index is 1490. The van der Waals surface area contributed by atoms with Crippen LogP contribution in [0, 0.1) is 0 Å². The van der Waals surface area contributed by atoms with Gasteiger partial charge in [0.05, 0.1) is 40.4 Å². The van der Waals surface area contributed by atoms with Crippen LogP contribution < -0.4 is 24.4 Å². The summed E-state index contributed by atoms with van der Waals surface area (Å²) in [6.45, 7) is 0. The number of H-pyrrole nitrogens is 1. The fraction of sp³-hybridized carbons (Fsp3) is 0.214. The van der Waals surface area contributed by atoms with E-state index in [0.717, 1.165) is 27.6 Å². The van der Waals surface area contributed by atoms with E-state index in [2.05, 4.69) is 10.4 Å². The summed E-state index contributed by atoms with van der Waals surface area (Å²) < 4.78 is 21.9. The maximum absolute atomic E-state index is 13.5. The lowest BCUT2D eigenvalue weighted by Gasteiger charge is -2.37. The highest BCUT2D eigenvalue weighted by Gasteiger charge is 2.37. The molecule has 0 radical (unpaired) electrons. The Morgan fingerprint density at radius 3 is 2.30 bits per heavy atom. The molecule has 2 amide bonds. The van der Waals surface area contributed by atoms with Gasteiger partial charge in [0.1, 0.15) is 6.04 Å². The largest absolute Gasteiger partial charge is 0.493 e. The Balaban J connectivity index is 1.63. The van der Waals surface area contributed by atoms with Crippen LogP contribution in [-0.2, 0) is 11.2 Å². The molecule has 9 nitrogen and oxygen atoms in total. The highest BCUT2D eigenvalue weighted by molar-refractivity contribution is 6.07. The van der Waals surface area contributed by atoms with E-state index in [1.807, 2.05) is 36.4 Å². The number of ether oxygens (including phenoxy) is 4. The zero-order valence-corrected chi connectivity index (χ0v) is 21.0. The van der Waals surface area contributed by atoms with Crippen molar-refractivity contribution >= 4 is 22.7 Å². The van der Waals surface area contributed by atoms with Crippen molar-refractivity contribution in [3.8, 4) is 23.0 Å². The van der Waals surface area contributed by atoms with Gasteiger partial charge in [0.15, 0.2) is 23.0 Å². The number of methoxy groups -OCH3 is 4. The monoisotopic (exact) mass is 501 g/mol. The third-order valence-electron chi connectivity index (χ3n) is 6.59. The number of carbonyl (C=O) groups is 2. The van der Waals surface area contributed by atoms with Gasteiger partial charge in [-0.15, -0.1) is 0 Å². The number of hydrazine groups is 1. The van der Waals surface area contributed by atoms with Gasteiger partial charge in [0, 0.05) is 17.1 Å². The molecule has 0 fully saturated rings. The van der Waals surface area contributed by atoms with Crippen molar-refractivity contribution in [2.24, 2.45) is 0 Å². The smallest absolute Gasteiger partial charge is 0.272 e. The lowest BCUT2D eigenvalue weighted by molar-refractivity contribution is -0.136. The lowest BCUT2D eigenvalue weighted by atomic mass is 9.88. The molecule has 5 rings (SSSR count). The van der Waals surface area contributed by atoms with Gasteiger partial charge in [0.25, 0.3) is 5.91 Å². The molecule has 1 atom stereocenters. The Morgan fingerprint density at radius 2 is 1.57 bits per heavy atom. The van der Waals surface area contributed by atoms with E-state index >= 15 is 0 Å². The summed E-state index contributed by atoms with van der Waals surface area (Å²) >= 11 is 0. The number of para-hydroxylation sites is 1. The zero-order valence-electron chi connectivity index (χ0n) is 21.0. The van der Waals surface area contributed by atoms with Crippen molar-refractivity contribution in [3.05, 3.63) is 83.0 Å². The molecule has 1 aliphatic heterocycles. The summed E-state index contributed by atoms with van der Waals surface area (Å²) in [6.07, 6.45) is 1.72. The topological polar surface area (TPSA) is 102 Å². The fourth-order valence-corrected chi connectivity index (χ4v) is 4.78. The van der Waals surface area contributed by atoms with Crippen LogP contribution in [0.2, 0.25) is 0 Å². The van der Waals surface area contributed by atoms with E-state index in [9.17, 15) is 9.59 Å². The molecular weight excluding hydrogens is 474 g/mol. The minimum Gasteiger partial charge on any atom is -0.493 e. The summed E-state index contributed by atoms with van der Waals surface area (Å²) in [5, 5.41) is 2.14. The minimum absolute atomic E-state index is 0.0770. The number of amides is 2. The first-order valence-electron chi connectivity index (χ1n) is 11.6. The molecule has 2 heterocycles. The Kier molecular flexibility index (Phi) is 6.35. The molecule has 190 valence electrons. The predicted octanol–water partition coefficient (Wildman–Crippen LogP) is 4.02. The Hall–Kier alpha value is -4.66. The minimum atomic E-state index is -0.662. The number of carbonyl (C=O) groups excluding carboxylic acids is 2. The number of nitrogens with zero attached hydrogens (tertiary/aromatic N) is 1. The number of aromatic nitrogens is 1. The van der Waals surface area contributed by atoms with Crippen LogP contribution in [0.25, 0.3) is 10.9 Å². The molecule has 2 N–H and O–H groups in total. The molecule has 0 aliphatic carbocycles. The Morgan fingerprint density at radius 1 is 0.892 bits per heavy atom. The molecular formula is C28H27N3O6. The first-order valence-corrected chi connectivity index (χ1v) is 11.6. The normalized spacial score (nSPS) is 14.8. The third-order valence-corrected chi connectivity index (χ3v) is 6.59.